The normalized spacial score (nSPS) is 11.7. The lowest BCUT2D eigenvalue weighted by molar-refractivity contribution is -0.384. The highest BCUT2D eigenvalue weighted by Crippen LogP contribution is 2.32. The van der Waals surface area contributed by atoms with E-state index < -0.39 is 16.3 Å². The van der Waals surface area contributed by atoms with Gasteiger partial charge in [-0.2, -0.15) is 0 Å². The van der Waals surface area contributed by atoms with Crippen molar-refractivity contribution in [2.24, 2.45) is 7.05 Å². The molecule has 1 heterocycles. The highest BCUT2D eigenvalue weighted by Gasteiger charge is 2.30. The van der Waals surface area contributed by atoms with E-state index in [-0.39, 0.29) is 16.5 Å². The molecular formula is C17H15ClFN3O3. The van der Waals surface area contributed by atoms with Crippen molar-refractivity contribution in [3.05, 3.63) is 63.2 Å². The van der Waals surface area contributed by atoms with Gasteiger partial charge in [0.05, 0.1) is 16.0 Å². The first-order chi connectivity index (χ1) is 11.7. The molecule has 0 radical (unpaired) electrons. The summed E-state index contributed by atoms with van der Waals surface area (Å²) in [4.78, 5) is 14.9. The maximum Gasteiger partial charge on any atom is 0.271 e. The van der Waals surface area contributed by atoms with E-state index in [0.29, 0.717) is 16.9 Å². The molecule has 0 atom stereocenters. The molecule has 0 aliphatic heterocycles. The topological polar surface area (TPSA) is 70.2 Å². The minimum atomic E-state index is -0.975. The second kappa shape index (κ2) is 6.00. The summed E-state index contributed by atoms with van der Waals surface area (Å²) in [7, 11) is 1.78. The number of benzene rings is 2. The van der Waals surface area contributed by atoms with Crippen LogP contribution in [0.1, 0.15) is 19.7 Å². The van der Waals surface area contributed by atoms with Gasteiger partial charge in [-0.1, -0.05) is 11.6 Å². The molecule has 0 aliphatic rings. The summed E-state index contributed by atoms with van der Waals surface area (Å²) in [6.07, 6.45) is 0. The molecule has 0 aliphatic carbocycles. The Morgan fingerprint density at radius 1 is 1.28 bits per heavy atom. The Morgan fingerprint density at radius 2 is 2.00 bits per heavy atom. The van der Waals surface area contributed by atoms with E-state index in [2.05, 4.69) is 4.98 Å². The second-order valence-corrected chi connectivity index (χ2v) is 6.55. The number of non-ortho nitro benzene ring substituents is 1. The Bertz CT molecular complexity index is 985. The molecule has 3 aromatic rings. The summed E-state index contributed by atoms with van der Waals surface area (Å²) in [5.74, 6) is -0.0141. The standard InChI is InChI=1S/C17H15ClFN3O3/c1-17(2,25-15-7-4-10(18)8-12(15)19)16-20-13-9-11(22(23)24)5-6-14(13)21(16)3/h4-9H,1-3H3. The van der Waals surface area contributed by atoms with Gasteiger partial charge in [0.1, 0.15) is 0 Å². The molecule has 8 heteroatoms. The van der Waals surface area contributed by atoms with Crippen molar-refractivity contribution < 1.29 is 14.1 Å². The minimum absolute atomic E-state index is 0.0420. The Labute approximate surface area is 148 Å². The number of halogens is 2. The SMILES string of the molecule is Cn1c(C(C)(C)Oc2ccc(Cl)cc2F)nc2cc([N+](=O)[O-])ccc21. The molecule has 1 aromatic heterocycles. The van der Waals surface area contributed by atoms with Crippen molar-refractivity contribution >= 4 is 28.3 Å². The van der Waals surface area contributed by atoms with Gasteiger partial charge < -0.3 is 9.30 Å². The predicted octanol–water partition coefficient (Wildman–Crippen LogP) is 4.59. The molecule has 2 aromatic carbocycles. The third-order valence-electron chi connectivity index (χ3n) is 3.87. The molecular weight excluding hydrogens is 349 g/mol. The first-order valence-corrected chi connectivity index (χ1v) is 7.82. The number of hydrogen-bond donors (Lipinski definition) is 0. The van der Waals surface area contributed by atoms with Crippen molar-refractivity contribution in [1.82, 2.24) is 9.55 Å². The van der Waals surface area contributed by atoms with Crippen LogP contribution in [-0.2, 0) is 12.6 Å². The number of nitro benzene ring substituents is 1. The summed E-state index contributed by atoms with van der Waals surface area (Å²) in [5, 5.41) is 11.2. The molecule has 0 spiro atoms. The van der Waals surface area contributed by atoms with Crippen LogP contribution in [0.5, 0.6) is 5.75 Å². The predicted molar refractivity (Wildman–Crippen MR) is 92.4 cm³/mol. The maximum atomic E-state index is 14.0. The molecule has 25 heavy (non-hydrogen) atoms. The van der Waals surface area contributed by atoms with E-state index >= 15 is 0 Å². The largest absolute Gasteiger partial charge is 0.477 e. The number of fused-ring (bicyclic) bond motifs is 1. The number of nitrogens with zero attached hydrogens (tertiary/aromatic N) is 3. The van der Waals surface area contributed by atoms with Gasteiger partial charge in [0.25, 0.3) is 5.69 Å². The van der Waals surface area contributed by atoms with Gasteiger partial charge >= 0.3 is 0 Å². The molecule has 0 N–H and O–H groups in total. The van der Waals surface area contributed by atoms with Crippen LogP contribution in [0.15, 0.2) is 36.4 Å². The fourth-order valence-electron chi connectivity index (χ4n) is 2.72. The van der Waals surface area contributed by atoms with E-state index in [0.717, 1.165) is 0 Å². The zero-order valence-electron chi connectivity index (χ0n) is 13.8. The lowest BCUT2D eigenvalue weighted by Crippen LogP contribution is -2.29. The quantitative estimate of drug-likeness (QED) is 0.502. The van der Waals surface area contributed by atoms with Crippen LogP contribution in [0, 0.1) is 15.9 Å². The first-order valence-electron chi connectivity index (χ1n) is 7.44. The smallest absolute Gasteiger partial charge is 0.271 e. The molecule has 0 saturated heterocycles. The minimum Gasteiger partial charge on any atom is -0.477 e. The third kappa shape index (κ3) is 3.15. The van der Waals surface area contributed by atoms with E-state index in [9.17, 15) is 14.5 Å². The molecule has 3 rings (SSSR count). The van der Waals surface area contributed by atoms with Crippen molar-refractivity contribution in [2.75, 3.05) is 0 Å². The fourth-order valence-corrected chi connectivity index (χ4v) is 2.88. The Balaban J connectivity index is 2.04. The van der Waals surface area contributed by atoms with Crippen LogP contribution in [0.4, 0.5) is 10.1 Å². The highest BCUT2D eigenvalue weighted by molar-refractivity contribution is 6.30. The lowest BCUT2D eigenvalue weighted by atomic mass is 10.1. The molecule has 0 unspecified atom stereocenters. The number of aryl methyl sites for hydroxylation is 1. The summed E-state index contributed by atoms with van der Waals surface area (Å²) < 4.78 is 21.6. The van der Waals surface area contributed by atoms with Gasteiger partial charge in [-0.15, -0.1) is 0 Å². The maximum absolute atomic E-state index is 14.0. The number of hydrogen-bond acceptors (Lipinski definition) is 4. The van der Waals surface area contributed by atoms with Crippen LogP contribution >= 0.6 is 11.6 Å². The van der Waals surface area contributed by atoms with Crippen LogP contribution in [-0.4, -0.2) is 14.5 Å². The van der Waals surface area contributed by atoms with Gasteiger partial charge in [-0.25, -0.2) is 9.37 Å². The van der Waals surface area contributed by atoms with Gasteiger partial charge in [0.2, 0.25) is 0 Å². The number of ether oxygens (including phenoxy) is 1. The van der Waals surface area contributed by atoms with Crippen LogP contribution < -0.4 is 4.74 Å². The van der Waals surface area contributed by atoms with E-state index in [1.54, 1.807) is 31.5 Å². The van der Waals surface area contributed by atoms with E-state index in [1.165, 1.54) is 30.3 Å². The molecule has 130 valence electrons. The summed E-state index contributed by atoms with van der Waals surface area (Å²) >= 11 is 5.76. The number of rotatable bonds is 4. The number of nitro groups is 1. The fraction of sp³-hybridized carbons (Fsp3) is 0.235. The average molecular weight is 364 g/mol. The van der Waals surface area contributed by atoms with E-state index in [4.69, 9.17) is 16.3 Å². The van der Waals surface area contributed by atoms with E-state index in [1.807, 2.05) is 0 Å². The molecule has 0 saturated carbocycles. The Hall–Kier alpha value is -2.67. The summed E-state index contributed by atoms with van der Waals surface area (Å²) in [6.45, 7) is 3.49. The summed E-state index contributed by atoms with van der Waals surface area (Å²) in [5.41, 5.74) is 0.172. The van der Waals surface area contributed by atoms with Gasteiger partial charge in [-0.3, -0.25) is 10.1 Å². The second-order valence-electron chi connectivity index (χ2n) is 6.11. The van der Waals surface area contributed by atoms with Gasteiger partial charge in [0.15, 0.2) is 23.0 Å². The highest BCUT2D eigenvalue weighted by atomic mass is 35.5. The molecule has 0 amide bonds. The molecule has 6 nitrogen and oxygen atoms in total. The van der Waals surface area contributed by atoms with Gasteiger partial charge in [0, 0.05) is 24.2 Å². The average Bonchev–Trinajstić information content (AvgIpc) is 2.87. The van der Waals surface area contributed by atoms with Crippen molar-refractivity contribution in [3.8, 4) is 5.75 Å². The Morgan fingerprint density at radius 3 is 2.64 bits per heavy atom. The first kappa shape index (κ1) is 17.2. The number of aromatic nitrogens is 2. The lowest BCUT2D eigenvalue weighted by Gasteiger charge is -2.26. The van der Waals surface area contributed by atoms with Crippen molar-refractivity contribution in [1.29, 1.82) is 0 Å². The zero-order valence-corrected chi connectivity index (χ0v) is 14.5. The van der Waals surface area contributed by atoms with Crippen LogP contribution in [0.25, 0.3) is 11.0 Å². The molecule has 0 bridgehead atoms. The Kier molecular flexibility index (Phi) is 4.12. The number of imidazole rings is 1. The molecule has 0 fully saturated rings. The van der Waals surface area contributed by atoms with Crippen molar-refractivity contribution in [2.45, 2.75) is 19.4 Å². The van der Waals surface area contributed by atoms with Gasteiger partial charge in [-0.05, 0) is 38.1 Å². The van der Waals surface area contributed by atoms with Crippen molar-refractivity contribution in [3.63, 3.8) is 0 Å². The van der Waals surface area contributed by atoms with Crippen LogP contribution in [0.2, 0.25) is 5.02 Å². The van der Waals surface area contributed by atoms with Crippen LogP contribution in [0.3, 0.4) is 0 Å². The monoisotopic (exact) mass is 363 g/mol. The zero-order chi connectivity index (χ0) is 18.4. The third-order valence-corrected chi connectivity index (χ3v) is 4.11. The summed E-state index contributed by atoms with van der Waals surface area (Å²) in [6, 6.07) is 8.60.